The van der Waals surface area contributed by atoms with Crippen LogP contribution >= 0.6 is 24.2 Å². The maximum atomic E-state index is 13.6. The fourth-order valence-electron chi connectivity index (χ4n) is 1.61. The van der Waals surface area contributed by atoms with E-state index in [1.807, 2.05) is 6.92 Å². The summed E-state index contributed by atoms with van der Waals surface area (Å²) in [6.45, 7) is 1.82. The number of thiol groups is 1. The van der Waals surface area contributed by atoms with Crippen LogP contribution in [0.25, 0.3) is 0 Å². The smallest absolute Gasteiger partial charge is 0.257 e. The quantitative estimate of drug-likeness (QED) is 0.793. The van der Waals surface area contributed by atoms with Gasteiger partial charge in [-0.3, -0.25) is 4.79 Å². The van der Waals surface area contributed by atoms with Gasteiger partial charge in [0.15, 0.2) is 0 Å². The SMILES string of the molecule is Cc1ccc(F)c(NC(=O)c2cc(S)ccc2Cl)c1. The van der Waals surface area contributed by atoms with Gasteiger partial charge in [0.05, 0.1) is 16.3 Å². The van der Waals surface area contributed by atoms with Crippen LogP contribution in [0.5, 0.6) is 0 Å². The first-order valence-electron chi connectivity index (χ1n) is 5.53. The number of nitrogens with one attached hydrogen (secondary N) is 1. The molecular weight excluding hydrogens is 285 g/mol. The number of rotatable bonds is 2. The number of carbonyl (C=O) groups is 1. The maximum absolute atomic E-state index is 13.6. The zero-order valence-corrected chi connectivity index (χ0v) is 11.7. The van der Waals surface area contributed by atoms with Gasteiger partial charge in [0.25, 0.3) is 5.91 Å². The molecule has 0 aliphatic rings. The molecule has 2 aromatic rings. The molecule has 2 aromatic carbocycles. The minimum Gasteiger partial charge on any atom is -0.319 e. The number of benzene rings is 2. The van der Waals surface area contributed by atoms with Crippen LogP contribution < -0.4 is 5.32 Å². The van der Waals surface area contributed by atoms with Crippen molar-refractivity contribution < 1.29 is 9.18 Å². The van der Waals surface area contributed by atoms with Crippen molar-refractivity contribution in [3.05, 3.63) is 58.4 Å². The van der Waals surface area contributed by atoms with Crippen molar-refractivity contribution in [1.29, 1.82) is 0 Å². The van der Waals surface area contributed by atoms with E-state index >= 15 is 0 Å². The minimum atomic E-state index is -0.489. The van der Waals surface area contributed by atoms with Crippen molar-refractivity contribution in [3.8, 4) is 0 Å². The molecule has 0 saturated carbocycles. The van der Waals surface area contributed by atoms with Crippen LogP contribution in [0.15, 0.2) is 41.3 Å². The Morgan fingerprint density at radius 1 is 1.26 bits per heavy atom. The topological polar surface area (TPSA) is 29.1 Å². The van der Waals surface area contributed by atoms with E-state index in [1.165, 1.54) is 12.1 Å². The Morgan fingerprint density at radius 3 is 2.74 bits per heavy atom. The Labute approximate surface area is 121 Å². The van der Waals surface area contributed by atoms with E-state index in [0.29, 0.717) is 9.92 Å². The number of hydrogen-bond acceptors (Lipinski definition) is 2. The highest BCUT2D eigenvalue weighted by atomic mass is 35.5. The van der Waals surface area contributed by atoms with Crippen molar-refractivity contribution in [2.24, 2.45) is 0 Å². The first-order valence-corrected chi connectivity index (χ1v) is 6.36. The molecule has 0 bridgehead atoms. The Balaban J connectivity index is 2.30. The molecule has 2 rings (SSSR count). The minimum absolute atomic E-state index is 0.130. The summed E-state index contributed by atoms with van der Waals surface area (Å²) in [4.78, 5) is 12.7. The Morgan fingerprint density at radius 2 is 2.00 bits per heavy atom. The summed E-state index contributed by atoms with van der Waals surface area (Å²) in [6, 6.07) is 9.29. The summed E-state index contributed by atoms with van der Waals surface area (Å²) in [5, 5.41) is 2.80. The van der Waals surface area contributed by atoms with E-state index in [9.17, 15) is 9.18 Å². The number of carbonyl (C=O) groups excluding carboxylic acids is 1. The van der Waals surface area contributed by atoms with Gasteiger partial charge in [-0.15, -0.1) is 12.6 Å². The van der Waals surface area contributed by atoms with Crippen molar-refractivity contribution in [1.82, 2.24) is 0 Å². The van der Waals surface area contributed by atoms with E-state index in [-0.39, 0.29) is 11.3 Å². The summed E-state index contributed by atoms with van der Waals surface area (Å²) in [5.74, 6) is -0.956. The zero-order chi connectivity index (χ0) is 14.0. The Bertz CT molecular complexity index is 645. The Kier molecular flexibility index (Phi) is 4.12. The highest BCUT2D eigenvalue weighted by Gasteiger charge is 2.13. The maximum Gasteiger partial charge on any atom is 0.257 e. The van der Waals surface area contributed by atoms with Crippen LogP contribution in [0, 0.1) is 12.7 Å². The van der Waals surface area contributed by atoms with Crippen molar-refractivity contribution in [2.45, 2.75) is 11.8 Å². The van der Waals surface area contributed by atoms with E-state index in [0.717, 1.165) is 5.56 Å². The standard InChI is InChI=1S/C14H11ClFNOS/c1-8-2-5-12(16)13(6-8)17-14(18)10-7-9(19)3-4-11(10)15/h2-7,19H,1H3,(H,17,18). The average Bonchev–Trinajstić information content (AvgIpc) is 2.36. The van der Waals surface area contributed by atoms with Gasteiger partial charge in [0.2, 0.25) is 0 Å². The van der Waals surface area contributed by atoms with E-state index in [1.54, 1.807) is 24.3 Å². The number of halogens is 2. The molecular formula is C14H11ClFNOS. The van der Waals surface area contributed by atoms with Crippen LogP contribution in [0.3, 0.4) is 0 Å². The van der Waals surface area contributed by atoms with Gasteiger partial charge in [0, 0.05) is 4.90 Å². The summed E-state index contributed by atoms with van der Waals surface area (Å²) < 4.78 is 13.6. The lowest BCUT2D eigenvalue weighted by Gasteiger charge is -2.09. The number of amides is 1. The highest BCUT2D eigenvalue weighted by Crippen LogP contribution is 2.22. The first-order chi connectivity index (χ1) is 8.97. The van der Waals surface area contributed by atoms with Crippen LogP contribution in [0.4, 0.5) is 10.1 Å². The normalized spacial score (nSPS) is 10.3. The predicted molar refractivity (Wildman–Crippen MR) is 77.8 cm³/mol. The van der Waals surface area contributed by atoms with Gasteiger partial charge in [0.1, 0.15) is 5.82 Å². The lowest BCUT2D eigenvalue weighted by atomic mass is 10.2. The second-order valence-electron chi connectivity index (χ2n) is 4.10. The second kappa shape index (κ2) is 5.63. The third kappa shape index (κ3) is 3.28. The van der Waals surface area contributed by atoms with E-state index in [2.05, 4.69) is 17.9 Å². The van der Waals surface area contributed by atoms with Crippen molar-refractivity contribution >= 4 is 35.8 Å². The van der Waals surface area contributed by atoms with E-state index in [4.69, 9.17) is 11.6 Å². The lowest BCUT2D eigenvalue weighted by molar-refractivity contribution is 0.102. The van der Waals surface area contributed by atoms with Gasteiger partial charge in [-0.05, 0) is 42.8 Å². The molecule has 2 nitrogen and oxygen atoms in total. The van der Waals surface area contributed by atoms with Gasteiger partial charge >= 0.3 is 0 Å². The fraction of sp³-hybridized carbons (Fsp3) is 0.0714. The number of anilines is 1. The fourth-order valence-corrected chi connectivity index (χ4v) is 2.02. The molecule has 0 fully saturated rings. The molecule has 19 heavy (non-hydrogen) atoms. The van der Waals surface area contributed by atoms with E-state index < -0.39 is 11.7 Å². The van der Waals surface area contributed by atoms with Crippen LogP contribution in [-0.4, -0.2) is 5.91 Å². The van der Waals surface area contributed by atoms with Gasteiger partial charge in [-0.2, -0.15) is 0 Å². The monoisotopic (exact) mass is 295 g/mol. The van der Waals surface area contributed by atoms with Crippen LogP contribution in [-0.2, 0) is 0 Å². The summed E-state index contributed by atoms with van der Waals surface area (Å²) in [5.41, 5.74) is 1.24. The molecule has 0 atom stereocenters. The summed E-state index contributed by atoms with van der Waals surface area (Å²) in [6.07, 6.45) is 0. The molecule has 0 saturated heterocycles. The number of aryl methyl sites for hydroxylation is 1. The highest BCUT2D eigenvalue weighted by molar-refractivity contribution is 7.80. The molecule has 0 spiro atoms. The molecule has 0 radical (unpaired) electrons. The van der Waals surface area contributed by atoms with Crippen molar-refractivity contribution in [2.75, 3.05) is 5.32 Å². The molecule has 98 valence electrons. The largest absolute Gasteiger partial charge is 0.319 e. The molecule has 0 heterocycles. The lowest BCUT2D eigenvalue weighted by Crippen LogP contribution is -2.13. The zero-order valence-electron chi connectivity index (χ0n) is 10.1. The van der Waals surface area contributed by atoms with Crippen LogP contribution in [0.2, 0.25) is 5.02 Å². The first kappa shape index (κ1) is 13.9. The molecule has 1 N–H and O–H groups in total. The Hall–Kier alpha value is -1.52. The van der Waals surface area contributed by atoms with Crippen molar-refractivity contribution in [3.63, 3.8) is 0 Å². The third-order valence-corrected chi connectivity index (χ3v) is 3.17. The average molecular weight is 296 g/mol. The molecule has 0 aliphatic heterocycles. The molecule has 1 amide bonds. The second-order valence-corrected chi connectivity index (χ2v) is 5.03. The summed E-state index contributed by atoms with van der Waals surface area (Å²) in [7, 11) is 0. The predicted octanol–water partition coefficient (Wildman–Crippen LogP) is 4.33. The number of hydrogen-bond donors (Lipinski definition) is 2. The third-order valence-electron chi connectivity index (χ3n) is 2.56. The molecule has 0 aromatic heterocycles. The molecule has 5 heteroatoms. The molecule has 0 aliphatic carbocycles. The summed E-state index contributed by atoms with van der Waals surface area (Å²) >= 11 is 10.1. The van der Waals surface area contributed by atoms with Gasteiger partial charge in [-0.25, -0.2) is 4.39 Å². The van der Waals surface area contributed by atoms with Gasteiger partial charge in [-0.1, -0.05) is 17.7 Å². The van der Waals surface area contributed by atoms with Gasteiger partial charge < -0.3 is 5.32 Å². The molecule has 0 unspecified atom stereocenters. The van der Waals surface area contributed by atoms with Crippen LogP contribution in [0.1, 0.15) is 15.9 Å².